The second-order valence-electron chi connectivity index (χ2n) is 6.69. The quantitative estimate of drug-likeness (QED) is 0.721. The minimum atomic E-state index is -0.210. The maximum absolute atomic E-state index is 12.1. The lowest BCUT2D eigenvalue weighted by Gasteiger charge is -2.20. The molecule has 0 unspecified atom stereocenters. The maximum Gasteiger partial charge on any atom is 0.262 e. The first kappa shape index (κ1) is 19.3. The molecule has 5 heteroatoms. The van der Waals surface area contributed by atoms with Crippen LogP contribution in [0.3, 0.4) is 0 Å². The normalized spacial score (nSPS) is 11.1. The Balaban J connectivity index is 1.92. The van der Waals surface area contributed by atoms with Crippen molar-refractivity contribution in [2.45, 2.75) is 33.1 Å². The first-order valence-corrected chi connectivity index (χ1v) is 9.04. The van der Waals surface area contributed by atoms with Crippen LogP contribution < -0.4 is 14.8 Å². The second kappa shape index (κ2) is 8.39. The summed E-state index contributed by atoms with van der Waals surface area (Å²) in [6, 6.07) is 13.2. The highest BCUT2D eigenvalue weighted by Crippen LogP contribution is 2.30. The Bertz CT molecular complexity index is 721. The summed E-state index contributed by atoms with van der Waals surface area (Å²) in [7, 11) is 0. The highest BCUT2D eigenvalue weighted by molar-refractivity contribution is 9.10. The first-order chi connectivity index (χ1) is 11.8. The molecule has 2 aromatic rings. The second-order valence-corrected chi connectivity index (χ2v) is 7.54. The molecule has 0 aliphatic rings. The van der Waals surface area contributed by atoms with Gasteiger partial charge >= 0.3 is 0 Å². The van der Waals surface area contributed by atoms with Crippen molar-refractivity contribution in [3.8, 4) is 11.5 Å². The topological polar surface area (TPSA) is 47.6 Å². The molecule has 0 aromatic heterocycles. The summed E-state index contributed by atoms with van der Waals surface area (Å²) >= 11 is 3.52. The summed E-state index contributed by atoms with van der Waals surface area (Å²) in [4.78, 5) is 12.1. The molecule has 0 spiro atoms. The number of hydrogen-bond acceptors (Lipinski definition) is 3. The number of hydrogen-bond donors (Lipinski definition) is 1. The number of amides is 1. The minimum Gasteiger partial charge on any atom is -0.494 e. The van der Waals surface area contributed by atoms with Crippen molar-refractivity contribution < 1.29 is 14.3 Å². The fraction of sp³-hybridized carbons (Fsp3) is 0.350. The van der Waals surface area contributed by atoms with Crippen molar-refractivity contribution in [3.05, 3.63) is 52.5 Å². The third-order valence-electron chi connectivity index (χ3n) is 3.61. The first-order valence-electron chi connectivity index (χ1n) is 8.25. The van der Waals surface area contributed by atoms with Gasteiger partial charge in [-0.25, -0.2) is 0 Å². The molecule has 0 atom stereocenters. The zero-order chi connectivity index (χ0) is 18.4. The molecule has 1 N–H and O–H groups in total. The van der Waals surface area contributed by atoms with Gasteiger partial charge in [0.2, 0.25) is 0 Å². The van der Waals surface area contributed by atoms with E-state index in [1.165, 1.54) is 5.56 Å². The monoisotopic (exact) mass is 405 g/mol. The zero-order valence-electron chi connectivity index (χ0n) is 15.1. The molecular weight excluding hydrogens is 382 g/mol. The number of anilines is 1. The number of carbonyl (C=O) groups excluding carboxylic acids is 1. The van der Waals surface area contributed by atoms with Crippen molar-refractivity contribution in [1.82, 2.24) is 0 Å². The van der Waals surface area contributed by atoms with Crippen molar-refractivity contribution in [1.29, 1.82) is 0 Å². The van der Waals surface area contributed by atoms with Gasteiger partial charge in [-0.1, -0.05) is 26.8 Å². The van der Waals surface area contributed by atoms with Crippen LogP contribution in [0.25, 0.3) is 0 Å². The van der Waals surface area contributed by atoms with Crippen molar-refractivity contribution >= 4 is 27.5 Å². The number of rotatable bonds is 6. The van der Waals surface area contributed by atoms with E-state index in [1.807, 2.05) is 37.3 Å². The molecule has 0 radical (unpaired) electrons. The maximum atomic E-state index is 12.1. The third-order valence-corrected chi connectivity index (χ3v) is 4.27. The third kappa shape index (κ3) is 5.78. The van der Waals surface area contributed by atoms with Crippen LogP contribution in [0.4, 0.5) is 5.69 Å². The van der Waals surface area contributed by atoms with Crippen LogP contribution in [0.15, 0.2) is 46.9 Å². The predicted molar refractivity (Wildman–Crippen MR) is 105 cm³/mol. The molecule has 0 saturated carbocycles. The predicted octanol–water partition coefficient (Wildman–Crippen LogP) is 5.16. The van der Waals surface area contributed by atoms with Crippen molar-refractivity contribution in [3.63, 3.8) is 0 Å². The van der Waals surface area contributed by atoms with Crippen molar-refractivity contribution in [2.75, 3.05) is 18.5 Å². The molecular formula is C20H24BrNO3. The number of halogens is 1. The molecule has 0 saturated heterocycles. The average Bonchev–Trinajstić information content (AvgIpc) is 2.55. The summed E-state index contributed by atoms with van der Waals surface area (Å²) in [5.74, 6) is 1.20. The van der Waals surface area contributed by atoms with E-state index in [1.54, 1.807) is 12.1 Å². The molecule has 25 heavy (non-hydrogen) atoms. The highest BCUT2D eigenvalue weighted by atomic mass is 79.9. The van der Waals surface area contributed by atoms with E-state index in [2.05, 4.69) is 42.0 Å². The van der Waals surface area contributed by atoms with Gasteiger partial charge in [0.05, 0.1) is 12.3 Å². The van der Waals surface area contributed by atoms with Crippen LogP contribution in [-0.2, 0) is 10.2 Å². The lowest BCUT2D eigenvalue weighted by Crippen LogP contribution is -2.20. The van der Waals surface area contributed by atoms with Gasteiger partial charge in [0, 0.05) is 4.47 Å². The average molecular weight is 406 g/mol. The Labute approximate surface area is 157 Å². The molecule has 0 heterocycles. The molecule has 0 bridgehead atoms. The SMILES string of the molecule is CCOc1ccc(OCC(=O)Nc2ccc(C(C)(C)C)cc2Br)cc1. The van der Waals surface area contributed by atoms with Gasteiger partial charge in [-0.3, -0.25) is 4.79 Å². The van der Waals surface area contributed by atoms with Crippen LogP contribution in [0.2, 0.25) is 0 Å². The molecule has 0 fully saturated rings. The Morgan fingerprint density at radius 1 is 1.04 bits per heavy atom. The molecule has 4 nitrogen and oxygen atoms in total. The van der Waals surface area contributed by atoms with Gasteiger partial charge < -0.3 is 14.8 Å². The molecule has 2 rings (SSSR count). The fourth-order valence-electron chi connectivity index (χ4n) is 2.22. The summed E-state index contributed by atoms with van der Waals surface area (Å²) < 4.78 is 11.7. The number of benzene rings is 2. The fourth-order valence-corrected chi connectivity index (χ4v) is 2.69. The zero-order valence-corrected chi connectivity index (χ0v) is 16.6. The summed E-state index contributed by atoms with van der Waals surface area (Å²) in [6.07, 6.45) is 0. The Kier molecular flexibility index (Phi) is 6.48. The van der Waals surface area contributed by atoms with Gasteiger partial charge in [-0.15, -0.1) is 0 Å². The highest BCUT2D eigenvalue weighted by Gasteiger charge is 2.15. The van der Waals surface area contributed by atoms with Gasteiger partial charge in [-0.05, 0) is 70.2 Å². The standard InChI is InChI=1S/C20H24BrNO3/c1-5-24-15-7-9-16(10-8-15)25-13-19(23)22-18-11-6-14(12-17(18)21)20(2,3)4/h6-12H,5,13H2,1-4H3,(H,22,23). The van der Waals surface area contributed by atoms with E-state index in [4.69, 9.17) is 9.47 Å². The van der Waals surface area contributed by atoms with Gasteiger partial charge in [-0.2, -0.15) is 0 Å². The molecule has 134 valence electrons. The Hall–Kier alpha value is -2.01. The van der Waals surface area contributed by atoms with E-state index in [0.29, 0.717) is 12.4 Å². The number of carbonyl (C=O) groups is 1. The summed E-state index contributed by atoms with van der Waals surface area (Å²) in [5.41, 5.74) is 1.98. The smallest absolute Gasteiger partial charge is 0.262 e. The van der Waals surface area contributed by atoms with Crippen LogP contribution in [0.1, 0.15) is 33.3 Å². The van der Waals surface area contributed by atoms with Crippen LogP contribution in [-0.4, -0.2) is 19.1 Å². The van der Waals surface area contributed by atoms with E-state index in [-0.39, 0.29) is 17.9 Å². The Morgan fingerprint density at radius 2 is 1.64 bits per heavy atom. The van der Waals surface area contributed by atoms with Crippen LogP contribution in [0, 0.1) is 0 Å². The molecule has 1 amide bonds. The van der Waals surface area contributed by atoms with E-state index >= 15 is 0 Å². The number of ether oxygens (including phenoxy) is 2. The lowest BCUT2D eigenvalue weighted by atomic mass is 9.87. The Morgan fingerprint density at radius 3 is 2.16 bits per heavy atom. The summed E-state index contributed by atoms with van der Waals surface area (Å²) in [5, 5.41) is 2.86. The minimum absolute atomic E-state index is 0.0541. The van der Waals surface area contributed by atoms with Crippen LogP contribution >= 0.6 is 15.9 Å². The lowest BCUT2D eigenvalue weighted by molar-refractivity contribution is -0.118. The van der Waals surface area contributed by atoms with E-state index < -0.39 is 0 Å². The van der Waals surface area contributed by atoms with Crippen molar-refractivity contribution in [2.24, 2.45) is 0 Å². The molecule has 0 aliphatic carbocycles. The van der Waals surface area contributed by atoms with Gasteiger partial charge in [0.15, 0.2) is 6.61 Å². The van der Waals surface area contributed by atoms with E-state index in [0.717, 1.165) is 15.9 Å². The summed E-state index contributed by atoms with van der Waals surface area (Å²) in [6.45, 7) is 8.95. The van der Waals surface area contributed by atoms with Gasteiger partial charge in [0.25, 0.3) is 5.91 Å². The van der Waals surface area contributed by atoms with E-state index in [9.17, 15) is 4.79 Å². The largest absolute Gasteiger partial charge is 0.494 e. The van der Waals surface area contributed by atoms with Crippen LogP contribution in [0.5, 0.6) is 11.5 Å². The molecule has 0 aliphatic heterocycles. The number of nitrogens with one attached hydrogen (secondary N) is 1. The van der Waals surface area contributed by atoms with Gasteiger partial charge in [0.1, 0.15) is 11.5 Å². The molecule has 2 aromatic carbocycles.